The van der Waals surface area contributed by atoms with E-state index < -0.39 is 5.69 Å². The van der Waals surface area contributed by atoms with Gasteiger partial charge in [-0.25, -0.2) is 9.78 Å². The fraction of sp³-hybridized carbons (Fsp3) is 0.333. The second kappa shape index (κ2) is 9.21. The van der Waals surface area contributed by atoms with Gasteiger partial charge in [-0.05, 0) is 36.6 Å². The standard InChI is InChI=1S/C24H27N5O3/c1-3-15(2)21(22-25-18-11-6-7-12-19(18)26-22)28-20(30)13-8-14-29-23(31)16-9-4-5-10-17(16)27-24(29)32/h4-7,9-12,15,21H,3,8,13-14H2,1-2H3,(H,25,26)(H,27,32)(H,28,30)/t15-,21-/m0/s1. The predicted molar refractivity (Wildman–Crippen MR) is 124 cm³/mol. The Morgan fingerprint density at radius 3 is 2.53 bits per heavy atom. The molecule has 2 aromatic carbocycles. The Morgan fingerprint density at radius 2 is 1.78 bits per heavy atom. The number of carbonyl (C=O) groups is 1. The molecule has 32 heavy (non-hydrogen) atoms. The second-order valence-electron chi connectivity index (χ2n) is 8.11. The number of fused-ring (bicyclic) bond motifs is 2. The van der Waals surface area contributed by atoms with Gasteiger partial charge in [0, 0.05) is 13.0 Å². The Balaban J connectivity index is 1.45. The first-order chi connectivity index (χ1) is 15.5. The van der Waals surface area contributed by atoms with Gasteiger partial charge in [-0.2, -0.15) is 0 Å². The number of para-hydroxylation sites is 3. The number of aromatic amines is 2. The summed E-state index contributed by atoms with van der Waals surface area (Å²) in [6.45, 7) is 4.32. The number of hydrogen-bond donors (Lipinski definition) is 3. The highest BCUT2D eigenvalue weighted by Crippen LogP contribution is 2.24. The van der Waals surface area contributed by atoms with E-state index in [2.05, 4.69) is 34.1 Å². The minimum atomic E-state index is -0.464. The van der Waals surface area contributed by atoms with Gasteiger partial charge >= 0.3 is 5.69 Å². The summed E-state index contributed by atoms with van der Waals surface area (Å²) in [7, 11) is 0. The van der Waals surface area contributed by atoms with E-state index in [0.717, 1.165) is 27.8 Å². The zero-order chi connectivity index (χ0) is 22.7. The molecule has 0 bridgehead atoms. The van der Waals surface area contributed by atoms with E-state index in [9.17, 15) is 14.4 Å². The molecule has 8 heteroatoms. The van der Waals surface area contributed by atoms with E-state index >= 15 is 0 Å². The highest BCUT2D eigenvalue weighted by molar-refractivity contribution is 5.78. The zero-order valence-electron chi connectivity index (χ0n) is 18.2. The molecule has 0 aliphatic heterocycles. The summed E-state index contributed by atoms with van der Waals surface area (Å²) in [4.78, 5) is 48.3. The van der Waals surface area contributed by atoms with Crippen molar-refractivity contribution in [3.63, 3.8) is 0 Å². The first kappa shape index (κ1) is 21.5. The Morgan fingerprint density at radius 1 is 1.06 bits per heavy atom. The topological polar surface area (TPSA) is 113 Å². The van der Waals surface area contributed by atoms with Gasteiger partial charge in [0.2, 0.25) is 5.91 Å². The lowest BCUT2D eigenvalue weighted by molar-refractivity contribution is -0.122. The number of rotatable bonds is 8. The fourth-order valence-corrected chi connectivity index (χ4v) is 3.88. The van der Waals surface area contributed by atoms with Crippen LogP contribution >= 0.6 is 0 Å². The Labute approximate surface area is 184 Å². The molecule has 166 valence electrons. The SMILES string of the molecule is CC[C@H](C)[C@H](NC(=O)CCCn1c(=O)[nH]c2ccccc2c1=O)c1nc2ccccc2[nH]1. The van der Waals surface area contributed by atoms with Gasteiger partial charge in [-0.1, -0.05) is 44.5 Å². The summed E-state index contributed by atoms with van der Waals surface area (Å²) in [5, 5.41) is 3.54. The van der Waals surface area contributed by atoms with E-state index in [1.807, 2.05) is 24.3 Å². The third-order valence-corrected chi connectivity index (χ3v) is 5.91. The van der Waals surface area contributed by atoms with E-state index in [1.54, 1.807) is 24.3 Å². The molecule has 2 heterocycles. The first-order valence-electron chi connectivity index (χ1n) is 10.9. The van der Waals surface area contributed by atoms with Crippen LogP contribution in [0.3, 0.4) is 0 Å². The van der Waals surface area contributed by atoms with Crippen molar-refractivity contribution in [2.75, 3.05) is 0 Å². The summed E-state index contributed by atoms with van der Waals surface area (Å²) in [5.74, 6) is 0.780. The maximum atomic E-state index is 12.7. The van der Waals surface area contributed by atoms with Crippen LogP contribution in [0.25, 0.3) is 21.9 Å². The minimum absolute atomic E-state index is 0.138. The monoisotopic (exact) mass is 433 g/mol. The molecular formula is C24H27N5O3. The summed E-state index contributed by atoms with van der Waals surface area (Å²) in [5.41, 5.74) is 1.50. The molecule has 3 N–H and O–H groups in total. The normalized spacial score (nSPS) is 13.3. The molecule has 0 saturated heterocycles. The third-order valence-electron chi connectivity index (χ3n) is 5.91. The quantitative estimate of drug-likeness (QED) is 0.396. The van der Waals surface area contributed by atoms with E-state index in [4.69, 9.17) is 0 Å². The van der Waals surface area contributed by atoms with Crippen molar-refractivity contribution >= 4 is 27.8 Å². The lowest BCUT2D eigenvalue weighted by Crippen LogP contribution is -2.36. The zero-order valence-corrected chi connectivity index (χ0v) is 18.2. The van der Waals surface area contributed by atoms with Crippen molar-refractivity contribution < 1.29 is 4.79 Å². The van der Waals surface area contributed by atoms with Gasteiger partial charge in [0.15, 0.2) is 0 Å². The molecule has 1 amide bonds. The molecule has 4 rings (SSSR count). The molecule has 0 aliphatic rings. The van der Waals surface area contributed by atoms with Crippen molar-refractivity contribution in [1.82, 2.24) is 24.8 Å². The van der Waals surface area contributed by atoms with Crippen LogP contribution in [-0.4, -0.2) is 25.4 Å². The van der Waals surface area contributed by atoms with Crippen LogP contribution in [0.4, 0.5) is 0 Å². The molecule has 2 atom stereocenters. The highest BCUT2D eigenvalue weighted by Gasteiger charge is 2.23. The summed E-state index contributed by atoms with van der Waals surface area (Å²) >= 11 is 0. The number of nitrogens with zero attached hydrogens (tertiary/aromatic N) is 2. The van der Waals surface area contributed by atoms with Gasteiger partial charge in [0.05, 0.1) is 28.0 Å². The van der Waals surface area contributed by atoms with Gasteiger partial charge in [-0.3, -0.25) is 14.2 Å². The molecule has 0 unspecified atom stereocenters. The van der Waals surface area contributed by atoms with E-state index in [0.29, 0.717) is 17.3 Å². The van der Waals surface area contributed by atoms with E-state index in [-0.39, 0.29) is 36.4 Å². The molecule has 0 saturated carbocycles. The molecule has 0 spiro atoms. The molecule has 0 fully saturated rings. The number of amides is 1. The van der Waals surface area contributed by atoms with Crippen LogP contribution < -0.4 is 16.6 Å². The van der Waals surface area contributed by atoms with Crippen molar-refractivity contribution in [3.05, 3.63) is 75.2 Å². The summed E-state index contributed by atoms with van der Waals surface area (Å²) in [6, 6.07) is 14.4. The smallest absolute Gasteiger partial charge is 0.328 e. The summed E-state index contributed by atoms with van der Waals surface area (Å²) in [6.07, 6.45) is 1.45. The largest absolute Gasteiger partial charge is 0.346 e. The van der Waals surface area contributed by atoms with Crippen LogP contribution in [0.5, 0.6) is 0 Å². The number of benzene rings is 2. The Bertz CT molecular complexity index is 1330. The Kier molecular flexibility index (Phi) is 6.20. The molecule has 2 aromatic heterocycles. The molecule has 0 radical (unpaired) electrons. The lowest BCUT2D eigenvalue weighted by Gasteiger charge is -2.22. The van der Waals surface area contributed by atoms with Gasteiger partial charge < -0.3 is 15.3 Å². The molecular weight excluding hydrogens is 406 g/mol. The summed E-state index contributed by atoms with van der Waals surface area (Å²) < 4.78 is 1.15. The molecule has 4 aromatic rings. The van der Waals surface area contributed by atoms with Crippen LogP contribution in [0.15, 0.2) is 58.1 Å². The molecule has 0 aliphatic carbocycles. The number of imidazole rings is 1. The molecule has 8 nitrogen and oxygen atoms in total. The number of hydrogen-bond acceptors (Lipinski definition) is 4. The van der Waals surface area contributed by atoms with Crippen molar-refractivity contribution in [3.8, 4) is 0 Å². The average Bonchev–Trinajstić information content (AvgIpc) is 3.23. The number of aromatic nitrogens is 4. The fourth-order valence-electron chi connectivity index (χ4n) is 3.88. The minimum Gasteiger partial charge on any atom is -0.346 e. The first-order valence-corrected chi connectivity index (χ1v) is 10.9. The number of H-pyrrole nitrogens is 2. The maximum absolute atomic E-state index is 12.7. The third kappa shape index (κ3) is 4.34. The van der Waals surface area contributed by atoms with Crippen LogP contribution in [-0.2, 0) is 11.3 Å². The predicted octanol–water partition coefficient (Wildman–Crippen LogP) is 3.25. The van der Waals surface area contributed by atoms with Gasteiger partial charge in [0.25, 0.3) is 5.56 Å². The second-order valence-corrected chi connectivity index (χ2v) is 8.11. The van der Waals surface area contributed by atoms with E-state index in [1.165, 1.54) is 0 Å². The van der Waals surface area contributed by atoms with Crippen LogP contribution in [0.1, 0.15) is 45.0 Å². The number of nitrogens with one attached hydrogen (secondary N) is 3. The average molecular weight is 434 g/mol. The Hall–Kier alpha value is -3.68. The van der Waals surface area contributed by atoms with Gasteiger partial charge in [0.1, 0.15) is 5.82 Å². The van der Waals surface area contributed by atoms with Gasteiger partial charge in [-0.15, -0.1) is 0 Å². The number of carbonyl (C=O) groups excluding carboxylic acids is 1. The lowest BCUT2D eigenvalue weighted by atomic mass is 9.98. The van der Waals surface area contributed by atoms with Crippen molar-refractivity contribution in [1.29, 1.82) is 0 Å². The highest BCUT2D eigenvalue weighted by atomic mass is 16.2. The van der Waals surface area contributed by atoms with Crippen LogP contribution in [0.2, 0.25) is 0 Å². The van der Waals surface area contributed by atoms with Crippen molar-refractivity contribution in [2.24, 2.45) is 5.92 Å². The maximum Gasteiger partial charge on any atom is 0.328 e. The van der Waals surface area contributed by atoms with Crippen LogP contribution in [0, 0.1) is 5.92 Å². The van der Waals surface area contributed by atoms with Crippen molar-refractivity contribution in [2.45, 2.75) is 45.7 Å².